The van der Waals surface area contributed by atoms with E-state index in [0.29, 0.717) is 24.4 Å². The maximum absolute atomic E-state index is 12.8. The molecule has 4 rings (SSSR count). The van der Waals surface area contributed by atoms with Crippen molar-refractivity contribution in [3.05, 3.63) is 65.4 Å². The number of rotatable bonds is 8. The average Bonchev–Trinajstić information content (AvgIpc) is 2.89. The number of carbonyl (C=O) groups is 2. The van der Waals surface area contributed by atoms with Crippen molar-refractivity contribution in [3.63, 3.8) is 0 Å². The van der Waals surface area contributed by atoms with Gasteiger partial charge in [-0.3, -0.25) is 4.90 Å². The lowest BCUT2D eigenvalue weighted by atomic mass is 9.95. The number of amides is 2. The third kappa shape index (κ3) is 5.68. The Hall–Kier alpha value is -3.72. The molecule has 1 fully saturated rings. The lowest BCUT2D eigenvalue weighted by molar-refractivity contribution is -0.136. The van der Waals surface area contributed by atoms with Crippen LogP contribution in [0.5, 0.6) is 11.5 Å². The van der Waals surface area contributed by atoms with Gasteiger partial charge in [-0.25, -0.2) is 9.59 Å². The predicted octanol–water partition coefficient (Wildman–Crippen LogP) is 2.70. The second-order valence-corrected chi connectivity index (χ2v) is 8.38. The summed E-state index contributed by atoms with van der Waals surface area (Å²) in [7, 11) is 3.01. The van der Waals surface area contributed by atoms with E-state index < -0.39 is 12.0 Å². The second kappa shape index (κ2) is 11.1. The number of urea groups is 1. The highest BCUT2D eigenvalue weighted by Gasteiger charge is 2.34. The number of nitrogens with zero attached hydrogens (tertiary/aromatic N) is 2. The Bertz CT molecular complexity index is 1060. The highest BCUT2D eigenvalue weighted by atomic mass is 16.5. The molecular weight excluding hydrogens is 448 g/mol. The molecule has 0 bridgehead atoms. The Morgan fingerprint density at radius 3 is 2.23 bits per heavy atom. The molecule has 0 aromatic heterocycles. The molecule has 186 valence electrons. The van der Waals surface area contributed by atoms with Crippen molar-refractivity contribution in [1.29, 1.82) is 0 Å². The number of hydrogen-bond donors (Lipinski definition) is 2. The number of hydrogen-bond acceptors (Lipinski definition) is 7. The summed E-state index contributed by atoms with van der Waals surface area (Å²) in [4.78, 5) is 29.9. The molecule has 2 heterocycles. The van der Waals surface area contributed by atoms with E-state index in [1.54, 1.807) is 7.11 Å². The minimum atomic E-state index is -0.609. The molecule has 2 N–H and O–H groups in total. The first-order valence-corrected chi connectivity index (χ1v) is 11.7. The van der Waals surface area contributed by atoms with Gasteiger partial charge in [-0.15, -0.1) is 0 Å². The van der Waals surface area contributed by atoms with Gasteiger partial charge >= 0.3 is 12.0 Å². The number of ether oxygens (including phenoxy) is 3. The van der Waals surface area contributed by atoms with Crippen LogP contribution in [0.15, 0.2) is 59.8 Å². The maximum Gasteiger partial charge on any atom is 0.338 e. The topological polar surface area (TPSA) is 92.4 Å². The summed E-state index contributed by atoms with van der Waals surface area (Å²) < 4.78 is 15.9. The minimum Gasteiger partial charge on any atom is -0.497 e. The van der Waals surface area contributed by atoms with E-state index in [-0.39, 0.29) is 6.03 Å². The van der Waals surface area contributed by atoms with Crippen molar-refractivity contribution in [2.45, 2.75) is 13.0 Å². The normalized spacial score (nSPS) is 18.5. The Morgan fingerprint density at radius 1 is 0.971 bits per heavy atom. The van der Waals surface area contributed by atoms with Crippen LogP contribution in [0.3, 0.4) is 0 Å². The summed E-state index contributed by atoms with van der Waals surface area (Å²) in [6, 6.07) is 14.5. The van der Waals surface area contributed by atoms with Crippen LogP contribution in [0.4, 0.5) is 10.5 Å². The van der Waals surface area contributed by atoms with Gasteiger partial charge in [0.1, 0.15) is 11.5 Å². The van der Waals surface area contributed by atoms with Crippen LogP contribution >= 0.6 is 0 Å². The highest BCUT2D eigenvalue weighted by Crippen LogP contribution is 2.29. The van der Waals surface area contributed by atoms with Gasteiger partial charge in [0.25, 0.3) is 0 Å². The number of methoxy groups -OCH3 is 2. The van der Waals surface area contributed by atoms with Crippen molar-refractivity contribution in [1.82, 2.24) is 15.5 Å². The first-order chi connectivity index (χ1) is 17.0. The zero-order chi connectivity index (χ0) is 24.8. The van der Waals surface area contributed by atoms with Gasteiger partial charge in [0, 0.05) is 44.1 Å². The zero-order valence-corrected chi connectivity index (χ0v) is 20.4. The van der Waals surface area contributed by atoms with Crippen LogP contribution in [0, 0.1) is 0 Å². The van der Waals surface area contributed by atoms with E-state index in [2.05, 4.69) is 32.6 Å². The SMILES string of the molecule is CCOc1ccc(C2NC(=O)NC(CN3CCN(c4ccc(OC)cc4)CC3)=C2C(=O)OC)cc1. The number of anilines is 1. The molecule has 9 heteroatoms. The highest BCUT2D eigenvalue weighted by molar-refractivity contribution is 5.95. The van der Waals surface area contributed by atoms with Crippen molar-refractivity contribution in [2.75, 3.05) is 58.5 Å². The molecule has 1 unspecified atom stereocenters. The van der Waals surface area contributed by atoms with E-state index in [1.165, 1.54) is 7.11 Å². The molecule has 1 saturated heterocycles. The molecule has 2 aromatic rings. The summed E-state index contributed by atoms with van der Waals surface area (Å²) >= 11 is 0. The average molecular weight is 481 g/mol. The van der Waals surface area contributed by atoms with Crippen molar-refractivity contribution in [2.24, 2.45) is 0 Å². The van der Waals surface area contributed by atoms with E-state index in [0.717, 1.165) is 48.9 Å². The van der Waals surface area contributed by atoms with Gasteiger partial charge in [0.05, 0.1) is 32.4 Å². The molecule has 2 aromatic carbocycles. The fraction of sp³-hybridized carbons (Fsp3) is 0.385. The predicted molar refractivity (Wildman–Crippen MR) is 133 cm³/mol. The fourth-order valence-electron chi connectivity index (χ4n) is 4.45. The van der Waals surface area contributed by atoms with Crippen molar-refractivity contribution < 1.29 is 23.8 Å². The first kappa shape index (κ1) is 24.4. The first-order valence-electron chi connectivity index (χ1n) is 11.7. The molecule has 1 atom stereocenters. The molecule has 0 saturated carbocycles. The zero-order valence-electron chi connectivity index (χ0n) is 20.4. The Kier molecular flexibility index (Phi) is 7.77. The lowest BCUT2D eigenvalue weighted by Crippen LogP contribution is -2.51. The maximum atomic E-state index is 12.8. The summed E-state index contributed by atoms with van der Waals surface area (Å²) in [5, 5.41) is 5.72. The number of nitrogens with one attached hydrogen (secondary N) is 2. The van der Waals surface area contributed by atoms with E-state index in [4.69, 9.17) is 14.2 Å². The van der Waals surface area contributed by atoms with Crippen LogP contribution in [0.1, 0.15) is 18.5 Å². The molecule has 35 heavy (non-hydrogen) atoms. The van der Waals surface area contributed by atoms with Crippen molar-refractivity contribution in [3.8, 4) is 11.5 Å². The van der Waals surface area contributed by atoms with Crippen LogP contribution in [-0.2, 0) is 9.53 Å². The summed E-state index contributed by atoms with van der Waals surface area (Å²) in [5.41, 5.74) is 2.91. The number of esters is 1. The molecule has 0 aliphatic carbocycles. The Balaban J connectivity index is 1.50. The molecule has 9 nitrogen and oxygen atoms in total. The van der Waals surface area contributed by atoms with Gasteiger partial charge in [0.15, 0.2) is 0 Å². The number of piperazine rings is 1. The fourth-order valence-corrected chi connectivity index (χ4v) is 4.45. The van der Waals surface area contributed by atoms with E-state index >= 15 is 0 Å². The third-order valence-electron chi connectivity index (χ3n) is 6.27. The monoisotopic (exact) mass is 480 g/mol. The van der Waals surface area contributed by atoms with Crippen LogP contribution in [0.2, 0.25) is 0 Å². The summed E-state index contributed by atoms with van der Waals surface area (Å²) in [6.45, 7) is 6.18. The van der Waals surface area contributed by atoms with Crippen LogP contribution in [-0.4, -0.2) is 70.5 Å². The standard InChI is InChI=1S/C26H32N4O5/c1-4-35-21-9-5-18(6-10-21)24-23(25(31)34-3)22(27-26(32)28-24)17-29-13-15-30(16-14-29)19-7-11-20(33-2)12-8-19/h5-12,24H,4,13-17H2,1-3H3,(H2,27,28,32). The van der Waals surface area contributed by atoms with E-state index in [1.807, 2.05) is 43.3 Å². The Morgan fingerprint density at radius 2 is 1.63 bits per heavy atom. The lowest BCUT2D eigenvalue weighted by Gasteiger charge is -2.38. The smallest absolute Gasteiger partial charge is 0.338 e. The molecule has 0 radical (unpaired) electrons. The molecule has 0 spiro atoms. The number of benzene rings is 2. The number of carbonyl (C=O) groups excluding carboxylic acids is 2. The molecule has 2 amide bonds. The quantitative estimate of drug-likeness (QED) is 0.562. The van der Waals surface area contributed by atoms with Gasteiger partial charge in [-0.2, -0.15) is 0 Å². The van der Waals surface area contributed by atoms with Crippen LogP contribution < -0.4 is 25.0 Å². The molecular formula is C26H32N4O5. The molecule has 2 aliphatic heterocycles. The van der Waals surface area contributed by atoms with Gasteiger partial charge in [-0.05, 0) is 48.9 Å². The minimum absolute atomic E-state index is 0.344. The largest absolute Gasteiger partial charge is 0.497 e. The van der Waals surface area contributed by atoms with Crippen LogP contribution in [0.25, 0.3) is 0 Å². The third-order valence-corrected chi connectivity index (χ3v) is 6.27. The second-order valence-electron chi connectivity index (χ2n) is 8.38. The summed E-state index contributed by atoms with van der Waals surface area (Å²) in [5.74, 6) is 1.09. The Labute approximate surface area is 205 Å². The summed E-state index contributed by atoms with van der Waals surface area (Å²) in [6.07, 6.45) is 0. The van der Waals surface area contributed by atoms with Gasteiger partial charge in [-0.1, -0.05) is 12.1 Å². The molecule has 2 aliphatic rings. The van der Waals surface area contributed by atoms with E-state index in [9.17, 15) is 9.59 Å². The van der Waals surface area contributed by atoms with Crippen molar-refractivity contribution >= 4 is 17.7 Å². The van der Waals surface area contributed by atoms with Gasteiger partial charge in [0.2, 0.25) is 0 Å². The van der Waals surface area contributed by atoms with Gasteiger partial charge < -0.3 is 29.7 Å².